The SMILES string of the molecule is Cc1nc(/C=C/C(=O)NCCC(O)C(=O)O)cs1. The molecule has 1 unspecified atom stereocenters. The molecule has 1 heterocycles. The van der Waals surface area contributed by atoms with Crippen molar-refractivity contribution in [1.82, 2.24) is 10.3 Å². The second kappa shape index (κ2) is 6.87. The highest BCUT2D eigenvalue weighted by atomic mass is 32.1. The third-order valence-electron chi connectivity index (χ3n) is 2.04. The Morgan fingerprint density at radius 2 is 2.33 bits per heavy atom. The predicted octanol–water partition coefficient (Wildman–Crippen LogP) is 0.417. The van der Waals surface area contributed by atoms with Crippen molar-refractivity contribution in [3.05, 3.63) is 22.2 Å². The van der Waals surface area contributed by atoms with Gasteiger partial charge in [-0.3, -0.25) is 4.79 Å². The third-order valence-corrected chi connectivity index (χ3v) is 2.84. The van der Waals surface area contributed by atoms with Gasteiger partial charge in [-0.05, 0) is 13.0 Å². The summed E-state index contributed by atoms with van der Waals surface area (Å²) in [5, 5.41) is 22.6. The number of aliphatic hydroxyl groups is 1. The lowest BCUT2D eigenvalue weighted by Crippen LogP contribution is -2.28. The maximum Gasteiger partial charge on any atom is 0.332 e. The Morgan fingerprint density at radius 1 is 1.61 bits per heavy atom. The zero-order valence-corrected chi connectivity index (χ0v) is 10.6. The van der Waals surface area contributed by atoms with Crippen LogP contribution in [0.2, 0.25) is 0 Å². The van der Waals surface area contributed by atoms with E-state index in [9.17, 15) is 9.59 Å². The third kappa shape index (κ3) is 5.07. The van der Waals surface area contributed by atoms with Gasteiger partial charge in [0.15, 0.2) is 6.10 Å². The number of carbonyl (C=O) groups is 2. The molecule has 0 spiro atoms. The standard InChI is InChI=1S/C11H14N2O4S/c1-7-13-8(6-18-7)2-3-10(15)12-5-4-9(14)11(16)17/h2-3,6,9,14H,4-5H2,1H3,(H,12,15)(H,16,17)/b3-2+. The van der Waals surface area contributed by atoms with Crippen molar-refractivity contribution in [2.75, 3.05) is 6.54 Å². The van der Waals surface area contributed by atoms with Gasteiger partial charge in [-0.15, -0.1) is 11.3 Å². The first-order chi connectivity index (χ1) is 8.49. The lowest BCUT2D eigenvalue weighted by Gasteiger charge is -2.05. The van der Waals surface area contributed by atoms with Gasteiger partial charge in [-0.1, -0.05) is 0 Å². The molecule has 0 saturated carbocycles. The number of carboxylic acids is 1. The van der Waals surface area contributed by atoms with Crippen LogP contribution in [0.5, 0.6) is 0 Å². The fourth-order valence-electron chi connectivity index (χ4n) is 1.13. The summed E-state index contributed by atoms with van der Waals surface area (Å²) in [6, 6.07) is 0. The van der Waals surface area contributed by atoms with Crippen molar-refractivity contribution >= 4 is 29.3 Å². The average molecular weight is 270 g/mol. The van der Waals surface area contributed by atoms with E-state index in [0.717, 1.165) is 5.01 Å². The topological polar surface area (TPSA) is 99.5 Å². The predicted molar refractivity (Wildman–Crippen MR) is 67.2 cm³/mol. The molecule has 1 aromatic rings. The average Bonchev–Trinajstić information content (AvgIpc) is 2.72. The Hall–Kier alpha value is -1.73. The van der Waals surface area contributed by atoms with Gasteiger partial charge in [0.25, 0.3) is 0 Å². The number of thiazole rings is 1. The maximum absolute atomic E-state index is 11.3. The molecule has 1 aromatic heterocycles. The number of aliphatic hydroxyl groups excluding tert-OH is 1. The van der Waals surface area contributed by atoms with Crippen molar-refractivity contribution in [1.29, 1.82) is 0 Å². The molecule has 98 valence electrons. The van der Waals surface area contributed by atoms with Gasteiger partial charge >= 0.3 is 5.97 Å². The number of aliphatic carboxylic acids is 1. The molecule has 0 fully saturated rings. The van der Waals surface area contributed by atoms with Gasteiger partial charge in [0.2, 0.25) is 5.91 Å². The van der Waals surface area contributed by atoms with Crippen LogP contribution in [-0.2, 0) is 9.59 Å². The number of carbonyl (C=O) groups excluding carboxylic acids is 1. The normalized spacial score (nSPS) is 12.6. The molecule has 1 amide bonds. The fourth-order valence-corrected chi connectivity index (χ4v) is 1.71. The van der Waals surface area contributed by atoms with E-state index >= 15 is 0 Å². The molecular formula is C11H14N2O4S. The molecule has 0 bridgehead atoms. The van der Waals surface area contributed by atoms with Crippen LogP contribution in [0.15, 0.2) is 11.5 Å². The quantitative estimate of drug-likeness (QED) is 0.650. The molecule has 0 saturated heterocycles. The van der Waals surface area contributed by atoms with Crippen molar-refractivity contribution < 1.29 is 19.8 Å². The van der Waals surface area contributed by atoms with Crippen LogP contribution in [-0.4, -0.2) is 39.7 Å². The van der Waals surface area contributed by atoms with Crippen molar-refractivity contribution in [2.45, 2.75) is 19.4 Å². The molecule has 6 nitrogen and oxygen atoms in total. The molecule has 0 aliphatic heterocycles. The Morgan fingerprint density at radius 3 is 2.89 bits per heavy atom. The van der Waals surface area contributed by atoms with Gasteiger partial charge in [0, 0.05) is 24.4 Å². The number of nitrogens with one attached hydrogen (secondary N) is 1. The van der Waals surface area contributed by atoms with Gasteiger partial charge in [-0.2, -0.15) is 0 Å². The zero-order chi connectivity index (χ0) is 13.5. The lowest BCUT2D eigenvalue weighted by atomic mass is 10.2. The van der Waals surface area contributed by atoms with E-state index in [1.807, 2.05) is 12.3 Å². The molecule has 0 aliphatic rings. The minimum atomic E-state index is -1.45. The zero-order valence-electron chi connectivity index (χ0n) is 9.79. The summed E-state index contributed by atoms with van der Waals surface area (Å²) in [6.45, 7) is 1.97. The number of nitrogens with zero attached hydrogens (tertiary/aromatic N) is 1. The van der Waals surface area contributed by atoms with Crippen LogP contribution < -0.4 is 5.32 Å². The van der Waals surface area contributed by atoms with Crippen LogP contribution in [0, 0.1) is 6.92 Å². The Kier molecular flexibility index (Phi) is 5.47. The second-order valence-electron chi connectivity index (χ2n) is 3.56. The van der Waals surface area contributed by atoms with Gasteiger partial charge in [-0.25, -0.2) is 9.78 Å². The molecule has 1 atom stereocenters. The molecule has 0 aliphatic carbocycles. The van der Waals surface area contributed by atoms with Crippen LogP contribution in [0.3, 0.4) is 0 Å². The van der Waals surface area contributed by atoms with Gasteiger partial charge < -0.3 is 15.5 Å². The smallest absolute Gasteiger partial charge is 0.332 e. The minimum absolute atomic E-state index is 0.0231. The van der Waals surface area contributed by atoms with Crippen LogP contribution >= 0.6 is 11.3 Å². The fraction of sp³-hybridized carbons (Fsp3) is 0.364. The number of aryl methyl sites for hydroxylation is 1. The molecule has 0 aromatic carbocycles. The molecule has 1 rings (SSSR count). The van der Waals surface area contributed by atoms with Gasteiger partial charge in [0.1, 0.15) is 0 Å². The Bertz CT molecular complexity index is 456. The number of rotatable bonds is 6. The van der Waals surface area contributed by atoms with E-state index in [1.54, 1.807) is 6.08 Å². The van der Waals surface area contributed by atoms with E-state index < -0.39 is 12.1 Å². The van der Waals surface area contributed by atoms with E-state index in [2.05, 4.69) is 10.3 Å². The summed E-state index contributed by atoms with van der Waals surface area (Å²) in [5.74, 6) is -1.64. The summed E-state index contributed by atoms with van der Waals surface area (Å²) in [4.78, 5) is 25.8. The monoisotopic (exact) mass is 270 g/mol. The first-order valence-electron chi connectivity index (χ1n) is 5.28. The number of carboxylic acid groups (broad SMARTS) is 1. The first kappa shape index (κ1) is 14.3. The lowest BCUT2D eigenvalue weighted by molar-refractivity contribution is -0.147. The van der Waals surface area contributed by atoms with E-state index in [0.29, 0.717) is 5.69 Å². The largest absolute Gasteiger partial charge is 0.479 e. The van der Waals surface area contributed by atoms with E-state index in [1.165, 1.54) is 17.4 Å². The van der Waals surface area contributed by atoms with E-state index in [-0.39, 0.29) is 18.9 Å². The molecular weight excluding hydrogens is 256 g/mol. The summed E-state index contributed by atoms with van der Waals surface area (Å²) in [5.41, 5.74) is 0.707. The molecule has 3 N–H and O–H groups in total. The summed E-state index contributed by atoms with van der Waals surface area (Å²) >= 11 is 1.49. The Balaban J connectivity index is 2.30. The van der Waals surface area contributed by atoms with E-state index in [4.69, 9.17) is 10.2 Å². The first-order valence-corrected chi connectivity index (χ1v) is 6.16. The number of hydrogen-bond donors (Lipinski definition) is 3. The minimum Gasteiger partial charge on any atom is -0.479 e. The molecule has 18 heavy (non-hydrogen) atoms. The van der Waals surface area contributed by atoms with Crippen molar-refractivity contribution in [2.24, 2.45) is 0 Å². The summed E-state index contributed by atoms with van der Waals surface area (Å²) in [6.07, 6.45) is 1.43. The van der Waals surface area contributed by atoms with Crippen molar-refractivity contribution in [3.8, 4) is 0 Å². The highest BCUT2D eigenvalue weighted by Crippen LogP contribution is 2.08. The maximum atomic E-state index is 11.3. The highest BCUT2D eigenvalue weighted by Gasteiger charge is 2.12. The molecule has 7 heteroatoms. The van der Waals surface area contributed by atoms with Crippen LogP contribution in [0.4, 0.5) is 0 Å². The van der Waals surface area contributed by atoms with Crippen LogP contribution in [0.1, 0.15) is 17.1 Å². The van der Waals surface area contributed by atoms with Gasteiger partial charge in [0.05, 0.1) is 10.7 Å². The number of amides is 1. The summed E-state index contributed by atoms with van der Waals surface area (Å²) < 4.78 is 0. The summed E-state index contributed by atoms with van der Waals surface area (Å²) in [7, 11) is 0. The number of hydrogen-bond acceptors (Lipinski definition) is 5. The molecule has 0 radical (unpaired) electrons. The Labute approximate surface area is 108 Å². The van der Waals surface area contributed by atoms with Crippen LogP contribution in [0.25, 0.3) is 6.08 Å². The number of aromatic nitrogens is 1. The van der Waals surface area contributed by atoms with Crippen molar-refractivity contribution in [3.63, 3.8) is 0 Å². The highest BCUT2D eigenvalue weighted by molar-refractivity contribution is 7.09. The second-order valence-corrected chi connectivity index (χ2v) is 4.62.